The summed E-state index contributed by atoms with van der Waals surface area (Å²) in [6.45, 7) is 15.4. The molecule has 0 aromatic carbocycles. The second kappa shape index (κ2) is 10.1. The number of hydrogen-bond donors (Lipinski definition) is 0. The lowest BCUT2D eigenvalue weighted by Crippen LogP contribution is -2.29. The molecular formula is C24H42O2. The van der Waals surface area contributed by atoms with Gasteiger partial charge >= 0.3 is 0 Å². The van der Waals surface area contributed by atoms with E-state index in [0.717, 1.165) is 25.6 Å². The third-order valence-electron chi connectivity index (χ3n) is 6.15. The largest absolute Gasteiger partial charge is 0.374 e. The van der Waals surface area contributed by atoms with Crippen molar-refractivity contribution in [3.8, 4) is 0 Å². The molecule has 0 saturated heterocycles. The highest BCUT2D eigenvalue weighted by molar-refractivity contribution is 5.11. The minimum Gasteiger partial charge on any atom is -0.374 e. The fourth-order valence-corrected chi connectivity index (χ4v) is 4.29. The molecule has 0 bridgehead atoms. The Balaban J connectivity index is 1.65. The molecule has 26 heavy (non-hydrogen) atoms. The molecule has 2 unspecified atom stereocenters. The van der Waals surface area contributed by atoms with Crippen LogP contribution in [0.1, 0.15) is 86.5 Å². The van der Waals surface area contributed by atoms with E-state index < -0.39 is 0 Å². The van der Waals surface area contributed by atoms with Gasteiger partial charge < -0.3 is 9.47 Å². The minimum atomic E-state index is 0.298. The van der Waals surface area contributed by atoms with Gasteiger partial charge in [0.25, 0.3) is 0 Å². The Labute approximate surface area is 162 Å². The van der Waals surface area contributed by atoms with Crippen LogP contribution in [0, 0.1) is 17.3 Å². The smallest absolute Gasteiger partial charge is 0.0767 e. The van der Waals surface area contributed by atoms with Crippen molar-refractivity contribution < 1.29 is 9.47 Å². The van der Waals surface area contributed by atoms with Gasteiger partial charge in [0.05, 0.1) is 25.4 Å². The van der Waals surface area contributed by atoms with Gasteiger partial charge in [-0.1, -0.05) is 45.4 Å². The number of hydrogen-bond acceptors (Lipinski definition) is 2. The van der Waals surface area contributed by atoms with E-state index in [1.54, 1.807) is 0 Å². The van der Waals surface area contributed by atoms with Crippen molar-refractivity contribution >= 4 is 0 Å². The topological polar surface area (TPSA) is 18.5 Å². The summed E-state index contributed by atoms with van der Waals surface area (Å²) in [5, 5.41) is 0. The number of ether oxygens (including phenoxy) is 2. The van der Waals surface area contributed by atoms with E-state index in [-0.39, 0.29) is 0 Å². The zero-order chi connectivity index (χ0) is 19.2. The molecule has 1 fully saturated rings. The molecule has 1 aliphatic heterocycles. The van der Waals surface area contributed by atoms with Gasteiger partial charge in [-0.15, -0.1) is 0 Å². The maximum Gasteiger partial charge on any atom is 0.0767 e. The van der Waals surface area contributed by atoms with Gasteiger partial charge in [-0.3, -0.25) is 0 Å². The van der Waals surface area contributed by atoms with Gasteiger partial charge in [-0.2, -0.15) is 0 Å². The van der Waals surface area contributed by atoms with Crippen molar-refractivity contribution in [3.05, 3.63) is 23.3 Å². The summed E-state index contributed by atoms with van der Waals surface area (Å²) in [5.41, 5.74) is 3.22. The van der Waals surface area contributed by atoms with E-state index >= 15 is 0 Å². The van der Waals surface area contributed by atoms with Crippen LogP contribution in [0.3, 0.4) is 0 Å². The molecule has 2 atom stereocenters. The van der Waals surface area contributed by atoms with E-state index in [2.05, 4.69) is 53.7 Å². The fraction of sp³-hybridized carbons (Fsp3) is 0.833. The molecule has 1 aliphatic carbocycles. The highest BCUT2D eigenvalue weighted by Gasteiger charge is 2.30. The summed E-state index contributed by atoms with van der Waals surface area (Å²) in [4.78, 5) is 0. The van der Waals surface area contributed by atoms with Gasteiger partial charge in [0.1, 0.15) is 0 Å². The van der Waals surface area contributed by atoms with Crippen molar-refractivity contribution in [1.82, 2.24) is 0 Å². The molecule has 0 spiro atoms. The molecule has 0 N–H and O–H groups in total. The average Bonchev–Trinajstić information content (AvgIpc) is 2.99. The van der Waals surface area contributed by atoms with E-state index in [1.807, 2.05) is 0 Å². The van der Waals surface area contributed by atoms with Crippen LogP contribution in [0.15, 0.2) is 23.3 Å². The van der Waals surface area contributed by atoms with E-state index in [4.69, 9.17) is 9.47 Å². The Kier molecular flexibility index (Phi) is 8.41. The Bertz CT molecular complexity index is 471. The molecule has 0 amide bonds. The average molecular weight is 363 g/mol. The van der Waals surface area contributed by atoms with Crippen molar-refractivity contribution in [2.45, 2.75) is 98.7 Å². The van der Waals surface area contributed by atoms with Gasteiger partial charge in [0, 0.05) is 0 Å². The number of allylic oxidation sites excluding steroid dienone is 2. The molecule has 2 nitrogen and oxygen atoms in total. The van der Waals surface area contributed by atoms with Gasteiger partial charge in [0.15, 0.2) is 0 Å². The summed E-state index contributed by atoms with van der Waals surface area (Å²) in [5.74, 6) is 1.56. The van der Waals surface area contributed by atoms with E-state index in [0.29, 0.717) is 23.5 Å². The maximum atomic E-state index is 6.22. The molecule has 0 aromatic heterocycles. The van der Waals surface area contributed by atoms with Gasteiger partial charge in [-0.25, -0.2) is 0 Å². The van der Waals surface area contributed by atoms with E-state index in [1.165, 1.54) is 49.7 Å². The van der Waals surface area contributed by atoms with Crippen molar-refractivity contribution in [3.63, 3.8) is 0 Å². The first kappa shape index (κ1) is 21.7. The first-order valence-electron chi connectivity index (χ1n) is 10.8. The third-order valence-corrected chi connectivity index (χ3v) is 6.15. The van der Waals surface area contributed by atoms with Crippen molar-refractivity contribution in [1.29, 1.82) is 0 Å². The predicted octanol–water partition coefficient (Wildman–Crippen LogP) is 6.71. The quantitative estimate of drug-likeness (QED) is 0.447. The van der Waals surface area contributed by atoms with Crippen LogP contribution >= 0.6 is 0 Å². The SMILES string of the molecule is CC(C)=CCCC(C)CC1C=C(COC2CCC(C(C)(C)C)CC2)CO1. The first-order chi connectivity index (χ1) is 12.2. The first-order valence-corrected chi connectivity index (χ1v) is 10.8. The lowest BCUT2D eigenvalue weighted by Gasteiger charge is -2.36. The lowest BCUT2D eigenvalue weighted by molar-refractivity contribution is 0.0115. The standard InChI is InChI=1S/C24H42O2/c1-18(2)8-7-9-19(3)14-23-15-20(17-26-23)16-25-22-12-10-21(11-13-22)24(4,5)6/h8,15,19,21-23H,7,9-14,16-17H2,1-6H3. The summed E-state index contributed by atoms with van der Waals surface area (Å²) in [6, 6.07) is 0. The maximum absolute atomic E-state index is 6.22. The van der Waals surface area contributed by atoms with E-state index in [9.17, 15) is 0 Å². The number of rotatable bonds is 8. The third kappa shape index (κ3) is 7.56. The lowest BCUT2D eigenvalue weighted by atomic mass is 9.72. The predicted molar refractivity (Wildman–Crippen MR) is 111 cm³/mol. The highest BCUT2D eigenvalue weighted by Crippen LogP contribution is 2.38. The second-order valence-corrected chi connectivity index (χ2v) is 10.0. The van der Waals surface area contributed by atoms with Crippen LogP contribution < -0.4 is 0 Å². The Morgan fingerprint density at radius 3 is 2.54 bits per heavy atom. The Morgan fingerprint density at radius 2 is 1.92 bits per heavy atom. The van der Waals surface area contributed by atoms with Crippen LogP contribution in [0.5, 0.6) is 0 Å². The fourth-order valence-electron chi connectivity index (χ4n) is 4.29. The monoisotopic (exact) mass is 362 g/mol. The summed E-state index contributed by atoms with van der Waals surface area (Å²) in [6.07, 6.45) is 14.1. The molecule has 0 radical (unpaired) electrons. The molecule has 2 aliphatic rings. The zero-order valence-electron chi connectivity index (χ0n) is 18.1. The highest BCUT2D eigenvalue weighted by atomic mass is 16.5. The van der Waals surface area contributed by atoms with Gasteiger partial charge in [-0.05, 0) is 81.6 Å². The van der Waals surface area contributed by atoms with Gasteiger partial charge in [0.2, 0.25) is 0 Å². The van der Waals surface area contributed by atoms with Crippen LogP contribution in [0.2, 0.25) is 0 Å². The summed E-state index contributed by atoms with van der Waals surface area (Å²) in [7, 11) is 0. The van der Waals surface area contributed by atoms with Crippen LogP contribution in [-0.4, -0.2) is 25.4 Å². The minimum absolute atomic E-state index is 0.298. The summed E-state index contributed by atoms with van der Waals surface area (Å²) >= 11 is 0. The second-order valence-electron chi connectivity index (χ2n) is 10.0. The van der Waals surface area contributed by atoms with Crippen LogP contribution in [0.4, 0.5) is 0 Å². The molecule has 150 valence electrons. The molecule has 1 heterocycles. The van der Waals surface area contributed by atoms with Crippen LogP contribution in [-0.2, 0) is 9.47 Å². The van der Waals surface area contributed by atoms with Crippen molar-refractivity contribution in [2.75, 3.05) is 13.2 Å². The molecule has 2 heteroatoms. The summed E-state index contributed by atoms with van der Waals surface area (Å²) < 4.78 is 12.2. The Morgan fingerprint density at radius 1 is 1.23 bits per heavy atom. The normalized spacial score (nSPS) is 27.9. The zero-order valence-corrected chi connectivity index (χ0v) is 18.1. The Hall–Kier alpha value is -0.600. The molecule has 2 rings (SSSR count). The molecular weight excluding hydrogens is 320 g/mol. The molecule has 0 aromatic rings. The van der Waals surface area contributed by atoms with Crippen LogP contribution in [0.25, 0.3) is 0 Å². The molecule has 1 saturated carbocycles. The van der Waals surface area contributed by atoms with Crippen molar-refractivity contribution in [2.24, 2.45) is 17.3 Å².